The first kappa shape index (κ1) is 11.2. The molecule has 1 aromatic carbocycles. The Kier molecular flexibility index (Phi) is 2.76. The molecule has 0 bridgehead atoms. The maximum absolute atomic E-state index is 5.78. The molecule has 0 amide bonds. The smallest absolute Gasteiger partial charge is 0.222 e. The predicted octanol–water partition coefficient (Wildman–Crippen LogP) is 3.51. The molecule has 0 aliphatic heterocycles. The molecule has 90 valence electrons. The normalized spacial score (nSPS) is 11.0. The van der Waals surface area contributed by atoms with E-state index in [1.165, 1.54) is 16.6 Å². The summed E-state index contributed by atoms with van der Waals surface area (Å²) in [6.07, 6.45) is 2.45. The van der Waals surface area contributed by atoms with E-state index in [2.05, 4.69) is 46.1 Å². The summed E-state index contributed by atoms with van der Waals surface area (Å²) >= 11 is 5.78. The molecule has 3 nitrogen and oxygen atoms in total. The van der Waals surface area contributed by atoms with Gasteiger partial charge in [0.1, 0.15) is 0 Å². The highest BCUT2D eigenvalue weighted by Crippen LogP contribution is 2.18. The highest BCUT2D eigenvalue weighted by molar-refractivity contribution is 6.28. The van der Waals surface area contributed by atoms with Crippen LogP contribution in [-0.4, -0.2) is 15.0 Å². The number of H-pyrrole nitrogens is 1. The van der Waals surface area contributed by atoms with E-state index in [4.69, 9.17) is 11.6 Å². The van der Waals surface area contributed by atoms with E-state index in [0.29, 0.717) is 5.28 Å². The van der Waals surface area contributed by atoms with Crippen LogP contribution in [0.25, 0.3) is 10.9 Å². The Balaban J connectivity index is 1.94. The van der Waals surface area contributed by atoms with Gasteiger partial charge in [-0.25, -0.2) is 9.97 Å². The standard InChI is InChI=1S/C14H12ClN3/c1-9-6-11-7-10(2-3-13(11)17-9)8-12-4-5-16-14(15)18-12/h2-7,17H,8H2,1H3. The fraction of sp³-hybridized carbons (Fsp3) is 0.143. The summed E-state index contributed by atoms with van der Waals surface area (Å²) in [5, 5.41) is 1.52. The summed E-state index contributed by atoms with van der Waals surface area (Å²) in [6.45, 7) is 2.06. The Labute approximate surface area is 110 Å². The number of nitrogens with zero attached hydrogens (tertiary/aromatic N) is 2. The van der Waals surface area contributed by atoms with Crippen molar-refractivity contribution in [3.8, 4) is 0 Å². The molecule has 0 spiro atoms. The summed E-state index contributed by atoms with van der Waals surface area (Å²) in [7, 11) is 0. The van der Waals surface area contributed by atoms with Crippen molar-refractivity contribution >= 4 is 22.5 Å². The number of aromatic amines is 1. The van der Waals surface area contributed by atoms with Crippen LogP contribution in [0.5, 0.6) is 0 Å². The second kappa shape index (κ2) is 4.42. The zero-order chi connectivity index (χ0) is 12.5. The second-order valence-electron chi connectivity index (χ2n) is 4.37. The van der Waals surface area contributed by atoms with Crippen LogP contribution in [0.3, 0.4) is 0 Å². The maximum atomic E-state index is 5.78. The van der Waals surface area contributed by atoms with Gasteiger partial charge in [0, 0.05) is 29.5 Å². The average Bonchev–Trinajstić information content (AvgIpc) is 2.68. The molecule has 3 rings (SSSR count). The lowest BCUT2D eigenvalue weighted by Gasteiger charge is -2.01. The van der Waals surface area contributed by atoms with Gasteiger partial charge >= 0.3 is 0 Å². The predicted molar refractivity (Wildman–Crippen MR) is 72.9 cm³/mol. The molecule has 2 aromatic heterocycles. The minimum Gasteiger partial charge on any atom is -0.359 e. The number of aromatic nitrogens is 3. The van der Waals surface area contributed by atoms with Crippen molar-refractivity contribution in [1.29, 1.82) is 0 Å². The van der Waals surface area contributed by atoms with Gasteiger partial charge in [0.2, 0.25) is 5.28 Å². The van der Waals surface area contributed by atoms with Crippen LogP contribution in [0.1, 0.15) is 17.0 Å². The van der Waals surface area contributed by atoms with Crippen LogP contribution in [0.2, 0.25) is 5.28 Å². The minimum absolute atomic E-state index is 0.297. The van der Waals surface area contributed by atoms with E-state index >= 15 is 0 Å². The number of benzene rings is 1. The lowest BCUT2D eigenvalue weighted by molar-refractivity contribution is 1.03. The van der Waals surface area contributed by atoms with Crippen LogP contribution in [0.15, 0.2) is 36.5 Å². The zero-order valence-electron chi connectivity index (χ0n) is 9.94. The minimum atomic E-state index is 0.297. The monoisotopic (exact) mass is 257 g/mol. The molecule has 0 unspecified atom stereocenters. The van der Waals surface area contributed by atoms with Crippen molar-refractivity contribution in [1.82, 2.24) is 15.0 Å². The van der Waals surface area contributed by atoms with Crippen molar-refractivity contribution in [3.05, 3.63) is 58.8 Å². The first-order valence-corrected chi connectivity index (χ1v) is 6.14. The number of fused-ring (bicyclic) bond motifs is 1. The van der Waals surface area contributed by atoms with Crippen molar-refractivity contribution < 1.29 is 0 Å². The Morgan fingerprint density at radius 2 is 2.11 bits per heavy atom. The summed E-state index contributed by atoms with van der Waals surface area (Å²) in [4.78, 5) is 11.4. The average molecular weight is 258 g/mol. The molecule has 0 radical (unpaired) electrons. The van der Waals surface area contributed by atoms with Crippen molar-refractivity contribution in [2.24, 2.45) is 0 Å². The Bertz CT molecular complexity index is 703. The molecule has 4 heteroatoms. The van der Waals surface area contributed by atoms with E-state index in [1.807, 2.05) is 6.07 Å². The molecule has 18 heavy (non-hydrogen) atoms. The van der Waals surface area contributed by atoms with Crippen molar-refractivity contribution in [3.63, 3.8) is 0 Å². The van der Waals surface area contributed by atoms with E-state index in [0.717, 1.165) is 17.6 Å². The molecule has 0 saturated heterocycles. The Morgan fingerprint density at radius 1 is 1.22 bits per heavy atom. The van der Waals surface area contributed by atoms with Gasteiger partial charge in [-0.1, -0.05) is 6.07 Å². The van der Waals surface area contributed by atoms with Crippen molar-refractivity contribution in [2.45, 2.75) is 13.3 Å². The van der Waals surface area contributed by atoms with Gasteiger partial charge in [0.05, 0.1) is 0 Å². The molecule has 0 atom stereocenters. The zero-order valence-corrected chi connectivity index (χ0v) is 10.7. The third-order valence-corrected chi connectivity index (χ3v) is 3.07. The second-order valence-corrected chi connectivity index (χ2v) is 4.71. The number of nitrogens with one attached hydrogen (secondary N) is 1. The number of hydrogen-bond donors (Lipinski definition) is 1. The molecule has 0 saturated carbocycles. The summed E-state index contributed by atoms with van der Waals surface area (Å²) in [5.74, 6) is 0. The van der Waals surface area contributed by atoms with E-state index < -0.39 is 0 Å². The summed E-state index contributed by atoms with van der Waals surface area (Å²) < 4.78 is 0. The number of aryl methyl sites for hydroxylation is 1. The third kappa shape index (κ3) is 2.22. The molecule has 0 aliphatic rings. The van der Waals surface area contributed by atoms with Crippen LogP contribution in [0, 0.1) is 6.92 Å². The summed E-state index contributed by atoms with van der Waals surface area (Å²) in [6, 6.07) is 10.4. The van der Waals surface area contributed by atoms with Crippen LogP contribution in [0.4, 0.5) is 0 Å². The van der Waals surface area contributed by atoms with E-state index in [9.17, 15) is 0 Å². The first-order chi connectivity index (χ1) is 8.70. The highest BCUT2D eigenvalue weighted by Gasteiger charge is 2.02. The summed E-state index contributed by atoms with van der Waals surface area (Å²) in [5.41, 5.74) is 4.49. The van der Waals surface area contributed by atoms with Crippen LogP contribution >= 0.6 is 11.6 Å². The largest absolute Gasteiger partial charge is 0.359 e. The van der Waals surface area contributed by atoms with Gasteiger partial charge in [-0.3, -0.25) is 0 Å². The van der Waals surface area contributed by atoms with Gasteiger partial charge in [-0.15, -0.1) is 0 Å². The topological polar surface area (TPSA) is 41.6 Å². The van der Waals surface area contributed by atoms with Gasteiger partial charge in [-0.2, -0.15) is 0 Å². The van der Waals surface area contributed by atoms with Crippen LogP contribution < -0.4 is 0 Å². The maximum Gasteiger partial charge on any atom is 0.222 e. The molecular formula is C14H12ClN3. The number of hydrogen-bond acceptors (Lipinski definition) is 2. The number of rotatable bonds is 2. The van der Waals surface area contributed by atoms with Crippen LogP contribution in [-0.2, 0) is 6.42 Å². The quantitative estimate of drug-likeness (QED) is 0.714. The molecule has 2 heterocycles. The number of halogens is 1. The van der Waals surface area contributed by atoms with Gasteiger partial charge < -0.3 is 4.98 Å². The lowest BCUT2D eigenvalue weighted by Crippen LogP contribution is -1.93. The van der Waals surface area contributed by atoms with Crippen molar-refractivity contribution in [2.75, 3.05) is 0 Å². The fourth-order valence-electron chi connectivity index (χ4n) is 2.11. The van der Waals surface area contributed by atoms with E-state index in [-0.39, 0.29) is 0 Å². The molecule has 3 aromatic rings. The highest BCUT2D eigenvalue weighted by atomic mass is 35.5. The van der Waals surface area contributed by atoms with E-state index in [1.54, 1.807) is 6.20 Å². The van der Waals surface area contributed by atoms with Gasteiger partial charge in [-0.05, 0) is 53.7 Å². The lowest BCUT2D eigenvalue weighted by atomic mass is 10.1. The van der Waals surface area contributed by atoms with Gasteiger partial charge in [0.25, 0.3) is 0 Å². The third-order valence-electron chi connectivity index (χ3n) is 2.89. The molecule has 1 N–H and O–H groups in total. The molecule has 0 fully saturated rings. The van der Waals surface area contributed by atoms with Gasteiger partial charge in [0.15, 0.2) is 0 Å². The SMILES string of the molecule is Cc1cc2cc(Cc3ccnc(Cl)n3)ccc2[nH]1. The first-order valence-electron chi connectivity index (χ1n) is 5.76. The molecular weight excluding hydrogens is 246 g/mol. The Hall–Kier alpha value is -1.87. The molecule has 0 aliphatic carbocycles. The Morgan fingerprint density at radius 3 is 2.94 bits per heavy atom. The fourth-order valence-corrected chi connectivity index (χ4v) is 2.28.